The molecule has 1 unspecified atom stereocenters. The molecule has 2 heterocycles. The van der Waals surface area contributed by atoms with E-state index in [0.717, 1.165) is 18.8 Å². The van der Waals surface area contributed by atoms with Crippen molar-refractivity contribution in [3.05, 3.63) is 47.5 Å². The zero-order valence-corrected chi connectivity index (χ0v) is 13.1. The van der Waals surface area contributed by atoms with Gasteiger partial charge in [0.25, 0.3) is 0 Å². The van der Waals surface area contributed by atoms with Gasteiger partial charge in [-0.3, -0.25) is 0 Å². The van der Waals surface area contributed by atoms with Crippen LogP contribution in [-0.4, -0.2) is 14.8 Å². The number of nitrogens with zero attached hydrogens (tertiary/aromatic N) is 3. The van der Waals surface area contributed by atoms with Crippen LogP contribution in [0, 0.1) is 5.92 Å². The van der Waals surface area contributed by atoms with Gasteiger partial charge in [-0.2, -0.15) is 0 Å². The SMILES string of the molecule is CC(C)C(c1ccccc1)c1nnc2n1CCCCCC2. The number of benzene rings is 1. The minimum absolute atomic E-state index is 0.340. The maximum Gasteiger partial charge on any atom is 0.140 e. The molecule has 3 heteroatoms. The van der Waals surface area contributed by atoms with Crippen molar-refractivity contribution in [1.82, 2.24) is 14.8 Å². The average Bonchev–Trinajstić information content (AvgIpc) is 2.81. The van der Waals surface area contributed by atoms with Gasteiger partial charge in [0.05, 0.1) is 0 Å². The quantitative estimate of drug-likeness (QED) is 0.846. The van der Waals surface area contributed by atoms with Crippen molar-refractivity contribution < 1.29 is 0 Å². The number of hydrogen-bond donors (Lipinski definition) is 0. The Hall–Kier alpha value is -1.64. The Bertz CT molecular complexity index is 571. The molecule has 1 aromatic heterocycles. The van der Waals surface area contributed by atoms with Crippen molar-refractivity contribution in [3.63, 3.8) is 0 Å². The van der Waals surface area contributed by atoms with Crippen LogP contribution in [0.3, 0.4) is 0 Å². The molecule has 21 heavy (non-hydrogen) atoms. The molecule has 3 rings (SSSR count). The molecule has 1 aliphatic heterocycles. The molecule has 1 aliphatic rings. The molecule has 0 fully saturated rings. The topological polar surface area (TPSA) is 30.7 Å². The first-order chi connectivity index (χ1) is 10.3. The van der Waals surface area contributed by atoms with E-state index in [2.05, 4.69) is 58.9 Å². The highest BCUT2D eigenvalue weighted by Crippen LogP contribution is 2.31. The molecular weight excluding hydrogens is 258 g/mol. The molecule has 0 bridgehead atoms. The van der Waals surface area contributed by atoms with E-state index in [-0.39, 0.29) is 0 Å². The molecule has 0 saturated carbocycles. The predicted molar refractivity (Wildman–Crippen MR) is 85.3 cm³/mol. The van der Waals surface area contributed by atoms with Crippen LogP contribution in [-0.2, 0) is 13.0 Å². The molecule has 0 amide bonds. The van der Waals surface area contributed by atoms with Gasteiger partial charge in [0.2, 0.25) is 0 Å². The van der Waals surface area contributed by atoms with Crippen LogP contribution in [0.5, 0.6) is 0 Å². The van der Waals surface area contributed by atoms with Crippen LogP contribution in [0.15, 0.2) is 30.3 Å². The minimum Gasteiger partial charge on any atom is -0.314 e. The number of aryl methyl sites for hydroxylation is 1. The van der Waals surface area contributed by atoms with Crippen LogP contribution >= 0.6 is 0 Å². The first kappa shape index (κ1) is 14.3. The zero-order valence-electron chi connectivity index (χ0n) is 13.1. The van der Waals surface area contributed by atoms with E-state index in [4.69, 9.17) is 0 Å². The largest absolute Gasteiger partial charge is 0.314 e. The standard InChI is InChI=1S/C18H25N3/c1-14(2)17(15-10-6-5-7-11-15)18-20-19-16-12-8-3-4-9-13-21(16)18/h5-7,10-11,14,17H,3-4,8-9,12-13H2,1-2H3. The lowest BCUT2D eigenvalue weighted by molar-refractivity contribution is 0.467. The second kappa shape index (κ2) is 6.42. The summed E-state index contributed by atoms with van der Waals surface area (Å²) in [6, 6.07) is 10.8. The molecule has 2 aromatic rings. The smallest absolute Gasteiger partial charge is 0.140 e. The molecule has 0 aliphatic carbocycles. The van der Waals surface area contributed by atoms with Crippen molar-refractivity contribution in [1.29, 1.82) is 0 Å². The number of rotatable bonds is 3. The van der Waals surface area contributed by atoms with E-state index in [1.54, 1.807) is 0 Å². The second-order valence-corrected chi connectivity index (χ2v) is 6.42. The first-order valence-corrected chi connectivity index (χ1v) is 8.24. The molecule has 1 atom stereocenters. The summed E-state index contributed by atoms with van der Waals surface area (Å²) in [5.41, 5.74) is 1.35. The summed E-state index contributed by atoms with van der Waals surface area (Å²) in [7, 11) is 0. The predicted octanol–water partition coefficient (Wildman–Crippen LogP) is 4.18. The molecule has 3 nitrogen and oxygen atoms in total. The molecule has 0 N–H and O–H groups in total. The Morgan fingerprint density at radius 2 is 1.71 bits per heavy atom. The van der Waals surface area contributed by atoms with E-state index < -0.39 is 0 Å². The monoisotopic (exact) mass is 283 g/mol. The minimum atomic E-state index is 0.340. The third-order valence-electron chi connectivity index (χ3n) is 4.49. The van der Waals surface area contributed by atoms with Crippen molar-refractivity contribution in [3.8, 4) is 0 Å². The lowest BCUT2D eigenvalue weighted by Crippen LogP contribution is -2.17. The summed E-state index contributed by atoms with van der Waals surface area (Å²) in [5, 5.41) is 9.09. The Kier molecular flexibility index (Phi) is 4.37. The summed E-state index contributed by atoms with van der Waals surface area (Å²) >= 11 is 0. The maximum absolute atomic E-state index is 4.59. The van der Waals surface area contributed by atoms with Crippen molar-refractivity contribution in [2.24, 2.45) is 5.92 Å². The third-order valence-corrected chi connectivity index (χ3v) is 4.49. The van der Waals surface area contributed by atoms with E-state index >= 15 is 0 Å². The lowest BCUT2D eigenvalue weighted by atomic mass is 9.87. The fourth-order valence-electron chi connectivity index (χ4n) is 3.41. The van der Waals surface area contributed by atoms with Crippen LogP contribution in [0.25, 0.3) is 0 Å². The van der Waals surface area contributed by atoms with Crippen LogP contribution in [0.2, 0.25) is 0 Å². The fraction of sp³-hybridized carbons (Fsp3) is 0.556. The van der Waals surface area contributed by atoms with Gasteiger partial charge in [0, 0.05) is 18.9 Å². The molecule has 0 saturated heterocycles. The average molecular weight is 283 g/mol. The van der Waals surface area contributed by atoms with E-state index in [0.29, 0.717) is 11.8 Å². The maximum atomic E-state index is 4.59. The van der Waals surface area contributed by atoms with Gasteiger partial charge in [0.1, 0.15) is 11.6 Å². The van der Waals surface area contributed by atoms with Crippen LogP contribution < -0.4 is 0 Å². The second-order valence-electron chi connectivity index (χ2n) is 6.42. The Balaban J connectivity index is 2.00. The molecule has 112 valence electrons. The van der Waals surface area contributed by atoms with Crippen molar-refractivity contribution in [2.75, 3.05) is 0 Å². The zero-order chi connectivity index (χ0) is 14.7. The van der Waals surface area contributed by atoms with Gasteiger partial charge in [0.15, 0.2) is 0 Å². The summed E-state index contributed by atoms with van der Waals surface area (Å²) in [6.07, 6.45) is 6.23. The summed E-state index contributed by atoms with van der Waals surface area (Å²) in [5.74, 6) is 3.21. The van der Waals surface area contributed by atoms with Crippen molar-refractivity contribution in [2.45, 2.75) is 58.4 Å². The van der Waals surface area contributed by atoms with Gasteiger partial charge in [-0.25, -0.2) is 0 Å². The van der Waals surface area contributed by atoms with Crippen LogP contribution in [0.4, 0.5) is 0 Å². The van der Waals surface area contributed by atoms with Crippen molar-refractivity contribution >= 4 is 0 Å². The van der Waals surface area contributed by atoms with E-state index in [1.807, 2.05) is 0 Å². The summed E-state index contributed by atoms with van der Waals surface area (Å²) < 4.78 is 2.40. The Morgan fingerprint density at radius 3 is 2.48 bits per heavy atom. The lowest BCUT2D eigenvalue weighted by Gasteiger charge is -2.23. The number of fused-ring (bicyclic) bond motifs is 1. The summed E-state index contributed by atoms with van der Waals surface area (Å²) in [6.45, 7) is 5.64. The number of hydrogen-bond acceptors (Lipinski definition) is 2. The number of aromatic nitrogens is 3. The van der Waals surface area contributed by atoms with Crippen LogP contribution in [0.1, 0.15) is 62.7 Å². The van der Waals surface area contributed by atoms with Gasteiger partial charge in [-0.1, -0.05) is 57.0 Å². The molecule has 1 aromatic carbocycles. The first-order valence-electron chi connectivity index (χ1n) is 8.24. The highest BCUT2D eigenvalue weighted by Gasteiger charge is 2.25. The van der Waals surface area contributed by atoms with Gasteiger partial charge >= 0.3 is 0 Å². The third kappa shape index (κ3) is 3.02. The van der Waals surface area contributed by atoms with Gasteiger partial charge < -0.3 is 4.57 Å². The molecule has 0 spiro atoms. The van der Waals surface area contributed by atoms with Gasteiger partial charge in [-0.05, 0) is 24.3 Å². The molecular formula is C18H25N3. The highest BCUT2D eigenvalue weighted by atomic mass is 15.3. The Labute approximate surface area is 127 Å². The Morgan fingerprint density at radius 1 is 0.952 bits per heavy atom. The normalized spacial score (nSPS) is 17.1. The fourth-order valence-corrected chi connectivity index (χ4v) is 3.41. The van der Waals surface area contributed by atoms with E-state index in [1.165, 1.54) is 37.1 Å². The molecule has 0 radical (unpaired) electrons. The van der Waals surface area contributed by atoms with Gasteiger partial charge in [-0.15, -0.1) is 10.2 Å². The van der Waals surface area contributed by atoms with E-state index in [9.17, 15) is 0 Å². The summed E-state index contributed by atoms with van der Waals surface area (Å²) in [4.78, 5) is 0. The highest BCUT2D eigenvalue weighted by molar-refractivity contribution is 5.26.